The van der Waals surface area contributed by atoms with Crippen molar-refractivity contribution in [3.05, 3.63) is 149 Å². The molecule has 0 saturated carbocycles. The summed E-state index contributed by atoms with van der Waals surface area (Å²) in [7, 11) is 0. The number of carbonyl (C=O) groups excluding carboxylic acids is 1. The largest absolute Gasteiger partial charge is 0.485 e. The summed E-state index contributed by atoms with van der Waals surface area (Å²) >= 11 is 0. The van der Waals surface area contributed by atoms with Crippen LogP contribution in [0.3, 0.4) is 0 Å². The highest BCUT2D eigenvalue weighted by Gasteiger charge is 2.15. The van der Waals surface area contributed by atoms with Gasteiger partial charge in [0.05, 0.1) is 5.56 Å². The van der Waals surface area contributed by atoms with Crippen LogP contribution in [0.5, 0.6) is 11.5 Å². The Morgan fingerprint density at radius 1 is 0.682 bits per heavy atom. The van der Waals surface area contributed by atoms with Crippen LogP contribution in [0.15, 0.2) is 124 Å². The van der Waals surface area contributed by atoms with Crippen molar-refractivity contribution in [3.63, 3.8) is 0 Å². The summed E-state index contributed by atoms with van der Waals surface area (Å²) in [6, 6.07) is 34.5. The molecule has 6 aromatic rings. The number of ketones is 1. The predicted octanol–water partition coefficient (Wildman–Crippen LogP) is 8.67. The van der Waals surface area contributed by atoms with Gasteiger partial charge < -0.3 is 18.5 Å². The van der Waals surface area contributed by atoms with E-state index in [4.69, 9.17) is 18.5 Å². The third kappa shape index (κ3) is 7.02. The van der Waals surface area contributed by atoms with E-state index in [0.29, 0.717) is 34.3 Å². The standard InChI is InChI=1S/C37H30N2O5/c1-25-8-13-28(14-9-25)34-20-31(43-38-34)23-41-30-17-18-33(36(40)19-12-27-6-4-3-5-7-27)37(22-30)42-24-32-21-35(39-44-32)29-15-10-26(2)11-16-29/h3-22H,23-24H2,1-2H3/b19-12+. The summed E-state index contributed by atoms with van der Waals surface area (Å²) in [5.41, 5.74) is 7.00. The molecular formula is C37H30N2O5. The van der Waals surface area contributed by atoms with Gasteiger partial charge in [-0.15, -0.1) is 0 Å². The number of aryl methyl sites for hydroxylation is 2. The quantitative estimate of drug-likeness (QED) is 0.112. The van der Waals surface area contributed by atoms with Crippen LogP contribution in [0, 0.1) is 13.8 Å². The van der Waals surface area contributed by atoms with Gasteiger partial charge in [0, 0.05) is 29.3 Å². The summed E-state index contributed by atoms with van der Waals surface area (Å²) in [5.74, 6) is 1.76. The van der Waals surface area contributed by atoms with Crippen molar-refractivity contribution in [3.8, 4) is 34.0 Å². The fourth-order valence-corrected chi connectivity index (χ4v) is 4.53. The van der Waals surface area contributed by atoms with E-state index in [1.807, 2.05) is 105 Å². The number of nitrogens with zero attached hydrogens (tertiary/aromatic N) is 2. The molecule has 0 spiro atoms. The Balaban J connectivity index is 1.19. The van der Waals surface area contributed by atoms with Crippen molar-refractivity contribution >= 4 is 11.9 Å². The second kappa shape index (κ2) is 13.1. The molecule has 0 fully saturated rings. The molecular weight excluding hydrogens is 552 g/mol. The van der Waals surface area contributed by atoms with Crippen molar-refractivity contribution in [2.75, 3.05) is 0 Å². The molecule has 7 nitrogen and oxygen atoms in total. The fourth-order valence-electron chi connectivity index (χ4n) is 4.53. The van der Waals surface area contributed by atoms with E-state index in [1.54, 1.807) is 24.3 Å². The van der Waals surface area contributed by atoms with Gasteiger partial charge in [-0.1, -0.05) is 106 Å². The molecule has 0 bridgehead atoms. The normalized spacial score (nSPS) is 11.1. The zero-order valence-corrected chi connectivity index (χ0v) is 24.4. The summed E-state index contributed by atoms with van der Waals surface area (Å²) in [5, 5.41) is 8.35. The minimum absolute atomic E-state index is 0.0764. The van der Waals surface area contributed by atoms with Gasteiger partial charge >= 0.3 is 0 Å². The average molecular weight is 583 g/mol. The minimum Gasteiger partial charge on any atom is -0.485 e. The first-order valence-electron chi connectivity index (χ1n) is 14.2. The summed E-state index contributed by atoms with van der Waals surface area (Å²) < 4.78 is 23.2. The van der Waals surface area contributed by atoms with E-state index in [9.17, 15) is 4.79 Å². The van der Waals surface area contributed by atoms with E-state index in [0.717, 1.165) is 27.9 Å². The van der Waals surface area contributed by atoms with E-state index >= 15 is 0 Å². The number of carbonyl (C=O) groups is 1. The van der Waals surface area contributed by atoms with Crippen molar-refractivity contribution in [2.24, 2.45) is 0 Å². The molecule has 0 saturated heterocycles. The first kappa shape index (κ1) is 28.4. The highest BCUT2D eigenvalue weighted by atomic mass is 16.5. The Kier molecular flexibility index (Phi) is 8.46. The van der Waals surface area contributed by atoms with Crippen LogP contribution in [0.1, 0.15) is 38.6 Å². The molecule has 0 aliphatic rings. The van der Waals surface area contributed by atoms with Crippen molar-refractivity contribution in [1.29, 1.82) is 0 Å². The molecule has 0 aliphatic heterocycles. The van der Waals surface area contributed by atoms with Gasteiger partial charge in [-0.25, -0.2) is 0 Å². The van der Waals surface area contributed by atoms with Crippen LogP contribution in [-0.4, -0.2) is 16.1 Å². The molecule has 218 valence electrons. The highest BCUT2D eigenvalue weighted by Crippen LogP contribution is 2.29. The number of benzene rings is 4. The Morgan fingerprint density at radius 3 is 1.84 bits per heavy atom. The van der Waals surface area contributed by atoms with Crippen molar-refractivity contribution < 1.29 is 23.3 Å². The minimum atomic E-state index is -0.203. The lowest BCUT2D eigenvalue weighted by atomic mass is 10.1. The van der Waals surface area contributed by atoms with Gasteiger partial charge in [-0.05, 0) is 37.6 Å². The SMILES string of the molecule is Cc1ccc(-c2cc(COc3ccc(C(=O)/C=C/c4ccccc4)c(OCc4cc(-c5ccc(C)cc5)no4)c3)on2)cc1. The molecule has 0 atom stereocenters. The maximum Gasteiger partial charge on any atom is 0.189 e. The molecule has 4 aromatic carbocycles. The number of hydrogen-bond acceptors (Lipinski definition) is 7. The van der Waals surface area contributed by atoms with E-state index < -0.39 is 0 Å². The Hall–Kier alpha value is -5.69. The van der Waals surface area contributed by atoms with Crippen LogP contribution in [-0.2, 0) is 13.2 Å². The fraction of sp³-hybridized carbons (Fsp3) is 0.108. The Labute approximate surface area is 255 Å². The molecule has 7 heteroatoms. The Bertz CT molecular complexity index is 1890. The first-order chi connectivity index (χ1) is 21.5. The maximum absolute atomic E-state index is 13.2. The van der Waals surface area contributed by atoms with E-state index in [2.05, 4.69) is 10.3 Å². The molecule has 6 rings (SSSR count). The first-order valence-corrected chi connectivity index (χ1v) is 14.2. The van der Waals surface area contributed by atoms with Gasteiger partial charge in [0.25, 0.3) is 0 Å². The Morgan fingerprint density at radius 2 is 1.25 bits per heavy atom. The molecule has 0 aliphatic carbocycles. The van der Waals surface area contributed by atoms with Crippen molar-refractivity contribution in [2.45, 2.75) is 27.1 Å². The third-order valence-corrected chi connectivity index (χ3v) is 7.01. The molecule has 44 heavy (non-hydrogen) atoms. The summed E-state index contributed by atoms with van der Waals surface area (Å²) in [6.07, 6.45) is 3.31. The van der Waals surface area contributed by atoms with Crippen LogP contribution >= 0.6 is 0 Å². The number of rotatable bonds is 11. The summed E-state index contributed by atoms with van der Waals surface area (Å²) in [6.45, 7) is 4.30. The van der Waals surface area contributed by atoms with Crippen LogP contribution in [0.25, 0.3) is 28.6 Å². The highest BCUT2D eigenvalue weighted by molar-refractivity contribution is 6.08. The lowest BCUT2D eigenvalue weighted by molar-refractivity contribution is 0.104. The van der Waals surface area contributed by atoms with Gasteiger partial charge in [-0.3, -0.25) is 4.79 Å². The van der Waals surface area contributed by atoms with E-state index in [-0.39, 0.29) is 19.0 Å². The average Bonchev–Trinajstić information content (AvgIpc) is 3.73. The second-order valence-electron chi connectivity index (χ2n) is 10.4. The number of ether oxygens (including phenoxy) is 2. The third-order valence-electron chi connectivity index (χ3n) is 7.01. The molecule has 0 unspecified atom stereocenters. The zero-order chi connectivity index (χ0) is 30.3. The molecule has 2 aromatic heterocycles. The number of allylic oxidation sites excluding steroid dienone is 1. The molecule has 2 heterocycles. The van der Waals surface area contributed by atoms with Crippen LogP contribution in [0.4, 0.5) is 0 Å². The molecule has 0 N–H and O–H groups in total. The maximum atomic E-state index is 13.2. The monoisotopic (exact) mass is 582 g/mol. The van der Waals surface area contributed by atoms with Gasteiger partial charge in [0.1, 0.15) is 36.1 Å². The second-order valence-corrected chi connectivity index (χ2v) is 10.4. The van der Waals surface area contributed by atoms with Gasteiger partial charge in [-0.2, -0.15) is 0 Å². The zero-order valence-electron chi connectivity index (χ0n) is 24.4. The number of aromatic nitrogens is 2. The summed E-state index contributed by atoms with van der Waals surface area (Å²) in [4.78, 5) is 13.2. The van der Waals surface area contributed by atoms with Crippen LogP contribution in [0.2, 0.25) is 0 Å². The van der Waals surface area contributed by atoms with Gasteiger partial charge in [0.2, 0.25) is 0 Å². The molecule has 0 radical (unpaired) electrons. The lowest BCUT2D eigenvalue weighted by Gasteiger charge is -2.11. The van der Waals surface area contributed by atoms with Crippen molar-refractivity contribution in [1.82, 2.24) is 10.3 Å². The van der Waals surface area contributed by atoms with Crippen LogP contribution < -0.4 is 9.47 Å². The number of hydrogen-bond donors (Lipinski definition) is 0. The smallest absolute Gasteiger partial charge is 0.189 e. The predicted molar refractivity (Wildman–Crippen MR) is 168 cm³/mol. The van der Waals surface area contributed by atoms with Gasteiger partial charge in [0.15, 0.2) is 17.3 Å². The molecule has 0 amide bonds. The lowest BCUT2D eigenvalue weighted by Crippen LogP contribution is -2.03. The topological polar surface area (TPSA) is 87.6 Å². The van der Waals surface area contributed by atoms with E-state index in [1.165, 1.54) is 11.6 Å².